The SMILES string of the molecule is CC(C)OC(=O)[C@H](C)OP(=O)(OC[C@H]1O[C@@H](n2cnc(=O)[nH]c2=O)C(F)(C#CCl)C1CO)Oc1ccccc1. The molecule has 6 atom stereocenters. The van der Waals surface area contributed by atoms with E-state index < -0.39 is 74.5 Å². The van der Waals surface area contributed by atoms with Gasteiger partial charge in [-0.3, -0.25) is 18.6 Å². The molecular weight excluding hydrogens is 564 g/mol. The predicted octanol–water partition coefficient (Wildman–Crippen LogP) is 1.91. The van der Waals surface area contributed by atoms with Crippen molar-refractivity contribution >= 4 is 25.4 Å². The Kier molecular flexibility index (Phi) is 10.1. The number of carbonyl (C=O) groups is 1. The molecule has 2 heterocycles. The second-order valence-corrected chi connectivity index (χ2v) is 10.3. The quantitative estimate of drug-likeness (QED) is 0.223. The highest BCUT2D eigenvalue weighted by atomic mass is 35.5. The second-order valence-electron chi connectivity index (χ2n) is 8.57. The number of halogens is 2. The lowest BCUT2D eigenvalue weighted by Gasteiger charge is -2.26. The van der Waals surface area contributed by atoms with Crippen LogP contribution in [-0.2, 0) is 27.9 Å². The van der Waals surface area contributed by atoms with Crippen molar-refractivity contribution in [3.63, 3.8) is 0 Å². The molecule has 13 nitrogen and oxygen atoms in total. The number of ether oxygens (including phenoxy) is 2. The molecule has 0 spiro atoms. The third kappa shape index (κ3) is 7.33. The molecule has 212 valence electrons. The number of hydrogen-bond acceptors (Lipinski definition) is 11. The fraction of sp³-hybridized carbons (Fsp3) is 0.478. The molecule has 16 heteroatoms. The van der Waals surface area contributed by atoms with Gasteiger partial charge in [-0.1, -0.05) is 18.2 Å². The summed E-state index contributed by atoms with van der Waals surface area (Å²) in [5.74, 6) is -0.202. The molecule has 2 aromatic rings. The number of carbonyl (C=O) groups excluding carboxylic acids is 1. The van der Waals surface area contributed by atoms with Crippen LogP contribution in [0.4, 0.5) is 4.39 Å². The van der Waals surface area contributed by atoms with Crippen molar-refractivity contribution in [2.45, 2.75) is 51.0 Å². The van der Waals surface area contributed by atoms with E-state index in [0.717, 1.165) is 6.33 Å². The number of rotatable bonds is 11. The maximum atomic E-state index is 16.2. The van der Waals surface area contributed by atoms with E-state index in [1.807, 2.05) is 10.4 Å². The third-order valence-corrected chi connectivity index (χ3v) is 6.98. The van der Waals surface area contributed by atoms with Crippen molar-refractivity contribution in [3.8, 4) is 17.0 Å². The number of nitrogens with one attached hydrogen (secondary N) is 1. The van der Waals surface area contributed by atoms with Crippen molar-refractivity contribution in [2.24, 2.45) is 5.92 Å². The van der Waals surface area contributed by atoms with Crippen LogP contribution in [0.2, 0.25) is 0 Å². The number of alkyl halides is 1. The van der Waals surface area contributed by atoms with E-state index in [9.17, 15) is 24.1 Å². The molecule has 3 unspecified atom stereocenters. The first-order valence-electron chi connectivity index (χ1n) is 11.6. The molecule has 0 saturated carbocycles. The van der Waals surface area contributed by atoms with E-state index in [2.05, 4.69) is 10.9 Å². The second kappa shape index (κ2) is 12.9. The highest BCUT2D eigenvalue weighted by molar-refractivity contribution is 7.49. The fourth-order valence-corrected chi connectivity index (χ4v) is 5.14. The van der Waals surface area contributed by atoms with Gasteiger partial charge in [0, 0.05) is 5.38 Å². The van der Waals surface area contributed by atoms with Gasteiger partial charge in [0.25, 0.3) is 0 Å². The summed E-state index contributed by atoms with van der Waals surface area (Å²) in [6, 6.07) is 7.75. The van der Waals surface area contributed by atoms with E-state index >= 15 is 4.39 Å². The smallest absolute Gasteiger partial charge is 0.461 e. The lowest BCUT2D eigenvalue weighted by Crippen LogP contribution is -2.44. The number of phosphoric acid groups is 1. The minimum absolute atomic E-state index is 0.0629. The van der Waals surface area contributed by atoms with Crippen LogP contribution in [0.5, 0.6) is 5.75 Å². The predicted molar refractivity (Wildman–Crippen MR) is 133 cm³/mol. The number of esters is 1. The molecule has 1 aliphatic rings. The van der Waals surface area contributed by atoms with Crippen LogP contribution in [0.1, 0.15) is 27.0 Å². The van der Waals surface area contributed by atoms with E-state index in [0.29, 0.717) is 4.57 Å². The average Bonchev–Trinajstić information content (AvgIpc) is 3.14. The van der Waals surface area contributed by atoms with Crippen molar-refractivity contribution in [2.75, 3.05) is 13.2 Å². The van der Waals surface area contributed by atoms with Gasteiger partial charge < -0.3 is 19.1 Å². The van der Waals surface area contributed by atoms with E-state index in [1.54, 1.807) is 32.0 Å². The number of aliphatic hydroxyl groups is 1. The lowest BCUT2D eigenvalue weighted by atomic mass is 9.87. The minimum atomic E-state index is -4.62. The minimum Gasteiger partial charge on any atom is -0.461 e. The van der Waals surface area contributed by atoms with Gasteiger partial charge in [-0.25, -0.2) is 23.3 Å². The van der Waals surface area contributed by atoms with Crippen LogP contribution in [-0.4, -0.2) is 62.8 Å². The van der Waals surface area contributed by atoms with Crippen molar-refractivity contribution < 1.29 is 41.9 Å². The molecule has 0 bridgehead atoms. The lowest BCUT2D eigenvalue weighted by molar-refractivity contribution is -0.155. The van der Waals surface area contributed by atoms with Crippen LogP contribution in [0, 0.1) is 17.2 Å². The van der Waals surface area contributed by atoms with Gasteiger partial charge in [-0.2, -0.15) is 4.98 Å². The summed E-state index contributed by atoms with van der Waals surface area (Å²) >= 11 is 5.46. The molecule has 1 aliphatic heterocycles. The molecule has 0 radical (unpaired) electrons. The summed E-state index contributed by atoms with van der Waals surface area (Å²) in [6.45, 7) is 2.89. The van der Waals surface area contributed by atoms with Crippen molar-refractivity contribution in [1.82, 2.24) is 14.5 Å². The third-order valence-electron chi connectivity index (χ3n) is 5.42. The molecule has 1 saturated heterocycles. The van der Waals surface area contributed by atoms with Crippen LogP contribution in [0.15, 0.2) is 46.2 Å². The number of hydrogen-bond donors (Lipinski definition) is 2. The molecule has 1 fully saturated rings. The van der Waals surface area contributed by atoms with Crippen LogP contribution < -0.4 is 15.9 Å². The van der Waals surface area contributed by atoms with Gasteiger partial charge in [0.2, 0.25) is 5.67 Å². The van der Waals surface area contributed by atoms with Gasteiger partial charge in [-0.05, 0) is 50.4 Å². The Morgan fingerprint density at radius 3 is 2.62 bits per heavy atom. The monoisotopic (exact) mass is 589 g/mol. The van der Waals surface area contributed by atoms with Gasteiger partial charge in [-0.15, -0.1) is 0 Å². The zero-order valence-corrected chi connectivity index (χ0v) is 22.6. The molecule has 1 aromatic carbocycles. The first-order chi connectivity index (χ1) is 18.4. The Labute approximate surface area is 226 Å². The Morgan fingerprint density at radius 1 is 1.33 bits per heavy atom. The Balaban J connectivity index is 1.90. The summed E-state index contributed by atoms with van der Waals surface area (Å²) in [4.78, 5) is 41.2. The summed E-state index contributed by atoms with van der Waals surface area (Å²) in [5, 5.41) is 11.9. The maximum absolute atomic E-state index is 16.2. The zero-order chi connectivity index (χ0) is 28.8. The summed E-state index contributed by atoms with van der Waals surface area (Å²) in [7, 11) is -4.62. The largest absolute Gasteiger partial charge is 0.530 e. The van der Waals surface area contributed by atoms with E-state index in [4.69, 9.17) is 34.6 Å². The molecule has 2 N–H and O–H groups in total. The Hall–Kier alpha value is -3.05. The van der Waals surface area contributed by atoms with Crippen LogP contribution in [0.3, 0.4) is 0 Å². The number of nitrogens with zero attached hydrogens (tertiary/aromatic N) is 2. The standard InChI is InChI=1S/C23H26ClFN3O10P/c1-14(2)35-19(30)15(3)37-39(33,38-16-7-5-4-6-8-16)34-12-18-17(11-29)23(25,9-10-24)20(36-18)28-13-26-21(31)27-22(28)32/h4-8,13-15,17-18,20,29H,11-12H2,1-3H3,(H,27,31,32)/t15-,17?,18+,20+,23?,39?/m0/s1. The van der Waals surface area contributed by atoms with Crippen LogP contribution in [0.25, 0.3) is 0 Å². The maximum Gasteiger partial charge on any atom is 0.530 e. The van der Waals surface area contributed by atoms with Gasteiger partial charge in [0.15, 0.2) is 12.3 Å². The highest BCUT2D eigenvalue weighted by Crippen LogP contribution is 2.52. The fourth-order valence-electron chi connectivity index (χ4n) is 3.65. The van der Waals surface area contributed by atoms with Crippen molar-refractivity contribution in [1.29, 1.82) is 0 Å². The number of phosphoric ester groups is 1. The topological polar surface area (TPSA) is 168 Å². The van der Waals surface area contributed by atoms with Gasteiger partial charge >= 0.3 is 25.2 Å². The molecule has 0 amide bonds. The van der Waals surface area contributed by atoms with Gasteiger partial charge in [0.05, 0.1) is 31.3 Å². The number of H-pyrrole nitrogens is 1. The highest BCUT2D eigenvalue weighted by Gasteiger charge is 2.58. The molecular formula is C23H26ClFN3O10P. The number of aliphatic hydroxyl groups excluding tert-OH is 1. The number of benzene rings is 1. The van der Waals surface area contributed by atoms with E-state index in [-0.39, 0.29) is 5.75 Å². The van der Waals surface area contributed by atoms with E-state index in [1.165, 1.54) is 19.1 Å². The molecule has 3 rings (SSSR count). The zero-order valence-electron chi connectivity index (χ0n) is 21.0. The first kappa shape index (κ1) is 30.5. The summed E-state index contributed by atoms with van der Waals surface area (Å²) in [5.41, 5.74) is -4.84. The van der Waals surface area contributed by atoms with Crippen LogP contribution >= 0.6 is 19.4 Å². The van der Waals surface area contributed by atoms with Crippen molar-refractivity contribution in [3.05, 3.63) is 57.6 Å². The molecule has 0 aliphatic carbocycles. The molecule has 39 heavy (non-hydrogen) atoms. The Morgan fingerprint density at radius 2 is 2.03 bits per heavy atom. The number of aromatic nitrogens is 3. The summed E-state index contributed by atoms with van der Waals surface area (Å²) in [6.07, 6.45) is -4.40. The summed E-state index contributed by atoms with van der Waals surface area (Å²) < 4.78 is 57.4. The Bertz CT molecular complexity index is 1380. The number of aromatic amines is 1. The average molecular weight is 590 g/mol. The first-order valence-corrected chi connectivity index (χ1v) is 13.4. The van der Waals surface area contributed by atoms with Gasteiger partial charge in [0.1, 0.15) is 12.1 Å². The number of para-hydroxylation sites is 1. The molecule has 1 aromatic heterocycles. The normalized spacial score (nSPS) is 24.8.